The van der Waals surface area contributed by atoms with Crippen LogP contribution in [0.5, 0.6) is 0 Å². The van der Waals surface area contributed by atoms with Crippen LogP contribution in [0.2, 0.25) is 0 Å². The number of carboxylic acid groups (broad SMARTS) is 1. The van der Waals surface area contributed by atoms with Crippen molar-refractivity contribution in [2.45, 2.75) is 27.1 Å². The molecule has 0 aliphatic rings. The molecule has 0 heterocycles. The van der Waals surface area contributed by atoms with Crippen molar-refractivity contribution >= 4 is 32.3 Å². The number of carboxylic acids is 1. The third-order valence-electron chi connectivity index (χ3n) is 3.00. The van der Waals surface area contributed by atoms with Crippen LogP contribution in [0.4, 0.5) is 36.4 Å². The summed E-state index contributed by atoms with van der Waals surface area (Å²) in [5.74, 6) is -9.99. The number of carbonyl (C=O) groups is 1. The first-order valence-electron chi connectivity index (χ1n) is 6.33. The van der Waals surface area contributed by atoms with Crippen LogP contribution in [0.25, 0.3) is 0 Å². The molecule has 8 nitrogen and oxygen atoms in total. The van der Waals surface area contributed by atoms with Crippen LogP contribution in [-0.4, -0.2) is 51.7 Å². The van der Waals surface area contributed by atoms with Gasteiger partial charge in [0.25, 0.3) is 15.5 Å². The largest absolute Gasteiger partial charge is 0.481 e. The van der Waals surface area contributed by atoms with Gasteiger partial charge in [0.05, 0.1) is 20.6 Å². The molecule has 158 valence electrons. The molecule has 1 unspecified atom stereocenters. The maximum atomic E-state index is 13.6. The Morgan fingerprint density at radius 3 is 2.04 bits per heavy atom. The van der Waals surface area contributed by atoms with Crippen LogP contribution in [0.15, 0.2) is 28.0 Å². The van der Waals surface area contributed by atoms with Crippen molar-refractivity contribution in [3.05, 3.63) is 28.3 Å². The first-order valence-corrected chi connectivity index (χ1v) is 9.13. The molecule has 0 radical (unpaired) electrons. The van der Waals surface area contributed by atoms with E-state index in [9.17, 15) is 58.3 Å². The van der Waals surface area contributed by atoms with Crippen molar-refractivity contribution in [1.29, 1.82) is 0 Å². The summed E-state index contributed by atoms with van der Waals surface area (Å²) in [6, 6.07) is -0.144. The van der Waals surface area contributed by atoms with E-state index < -0.39 is 70.1 Å². The Kier molecular flexibility index (Phi) is 6.16. The van der Waals surface area contributed by atoms with Gasteiger partial charge >= 0.3 is 23.3 Å². The second-order valence-electron chi connectivity index (χ2n) is 4.86. The number of rotatable bonds is 7. The third kappa shape index (κ3) is 3.94. The van der Waals surface area contributed by atoms with E-state index >= 15 is 0 Å². The number of nitrogens with zero attached hydrogens (tertiary/aromatic N) is 1. The fourth-order valence-corrected chi connectivity index (χ4v) is 3.90. The van der Waals surface area contributed by atoms with Gasteiger partial charge in [-0.15, -0.1) is 0 Å². The molecule has 0 fully saturated rings. The van der Waals surface area contributed by atoms with E-state index in [2.05, 4.69) is 0 Å². The summed E-state index contributed by atoms with van der Waals surface area (Å²) in [5, 5.41) is 12.7. The molecular weight excluding hydrogens is 455 g/mol. The first-order chi connectivity index (χ1) is 12.4. The molecule has 0 aliphatic heterocycles. The van der Waals surface area contributed by atoms with E-state index in [1.54, 1.807) is 0 Å². The zero-order valence-corrected chi connectivity index (χ0v) is 14.4. The number of nitro benzene ring substituents is 1. The third-order valence-corrected chi connectivity index (χ3v) is 6.15. The normalized spacial score (nSPS) is 14.5. The first kappa shape index (κ1) is 23.7. The van der Waals surface area contributed by atoms with Gasteiger partial charge in [-0.2, -0.15) is 30.7 Å². The van der Waals surface area contributed by atoms with Gasteiger partial charge in [0, 0.05) is 6.07 Å². The van der Waals surface area contributed by atoms with E-state index in [-0.39, 0.29) is 18.2 Å². The number of nitro groups is 1. The standard InChI is InChI=1S/C11H6F7NO7S2/c12-9(13,10(14,15)16)11(17,18)28(25,26)5-1-2-7(6(3-5)19(22)23)27(24)4-8(20)21/h1-3H,4H2,(H,20,21). The second-order valence-corrected chi connectivity index (χ2v) is 8.27. The van der Waals surface area contributed by atoms with E-state index in [4.69, 9.17) is 5.11 Å². The molecule has 28 heavy (non-hydrogen) atoms. The zero-order valence-electron chi connectivity index (χ0n) is 12.7. The lowest BCUT2D eigenvalue weighted by Crippen LogP contribution is -2.55. The fourth-order valence-electron chi connectivity index (χ4n) is 1.67. The SMILES string of the molecule is O=C(O)CS(=O)c1ccc(S(=O)(=O)C(F)(F)C(F)(F)C(F)(F)F)cc1[N+](=O)[O-]. The lowest BCUT2D eigenvalue weighted by molar-refractivity contribution is -0.388. The highest BCUT2D eigenvalue weighted by Gasteiger charge is 2.78. The Morgan fingerprint density at radius 2 is 1.64 bits per heavy atom. The average molecular weight is 461 g/mol. The summed E-state index contributed by atoms with van der Waals surface area (Å²) in [5.41, 5.74) is -1.54. The maximum Gasteiger partial charge on any atom is 0.461 e. The molecule has 1 aromatic rings. The highest BCUT2D eigenvalue weighted by Crippen LogP contribution is 2.51. The Hall–Kier alpha value is -2.30. The summed E-state index contributed by atoms with van der Waals surface area (Å²) >= 11 is 0. The number of hydrogen-bond donors (Lipinski definition) is 1. The molecule has 1 atom stereocenters. The maximum absolute atomic E-state index is 13.6. The number of sulfone groups is 1. The minimum Gasteiger partial charge on any atom is -0.481 e. The summed E-state index contributed by atoms with van der Waals surface area (Å²) in [6.45, 7) is 0. The van der Waals surface area contributed by atoms with Crippen molar-refractivity contribution in [1.82, 2.24) is 0 Å². The van der Waals surface area contributed by atoms with Crippen LogP contribution in [0.1, 0.15) is 0 Å². The number of hydrogen-bond acceptors (Lipinski definition) is 6. The van der Waals surface area contributed by atoms with Crippen LogP contribution in [0.3, 0.4) is 0 Å². The Balaban J connectivity index is 3.64. The molecule has 0 aliphatic carbocycles. The van der Waals surface area contributed by atoms with E-state index in [1.165, 1.54) is 0 Å². The predicted molar refractivity (Wildman–Crippen MR) is 75.1 cm³/mol. The summed E-state index contributed by atoms with van der Waals surface area (Å²) in [6.07, 6.45) is -6.97. The molecule has 0 bridgehead atoms. The van der Waals surface area contributed by atoms with Gasteiger partial charge < -0.3 is 5.11 Å². The smallest absolute Gasteiger partial charge is 0.461 e. The molecule has 1 N–H and O–H groups in total. The van der Waals surface area contributed by atoms with Gasteiger partial charge in [0.15, 0.2) is 0 Å². The summed E-state index contributed by atoms with van der Waals surface area (Å²) in [7, 11) is -9.51. The fraction of sp³-hybridized carbons (Fsp3) is 0.364. The molecule has 1 aromatic carbocycles. The molecule has 0 amide bonds. The average Bonchev–Trinajstić information content (AvgIpc) is 2.51. The van der Waals surface area contributed by atoms with Crippen molar-refractivity contribution in [2.24, 2.45) is 0 Å². The highest BCUT2D eigenvalue weighted by atomic mass is 32.2. The summed E-state index contributed by atoms with van der Waals surface area (Å²) < 4.78 is 125. The lowest BCUT2D eigenvalue weighted by Gasteiger charge is -2.27. The molecule has 17 heteroatoms. The Bertz CT molecular complexity index is 943. The Labute approximate surface area is 152 Å². The van der Waals surface area contributed by atoms with Crippen molar-refractivity contribution in [3.63, 3.8) is 0 Å². The van der Waals surface area contributed by atoms with E-state index in [0.29, 0.717) is 0 Å². The predicted octanol–water partition coefficient (Wildman–Crippen LogP) is 2.35. The minimum atomic E-state index is -7.04. The van der Waals surface area contributed by atoms with Crippen molar-refractivity contribution in [2.75, 3.05) is 5.75 Å². The van der Waals surface area contributed by atoms with E-state index in [0.717, 1.165) is 0 Å². The van der Waals surface area contributed by atoms with Gasteiger partial charge in [0.1, 0.15) is 10.6 Å². The Morgan fingerprint density at radius 1 is 1.14 bits per heavy atom. The van der Waals surface area contributed by atoms with Crippen molar-refractivity contribution in [3.8, 4) is 0 Å². The summed E-state index contributed by atoms with van der Waals surface area (Å²) in [4.78, 5) is 16.9. The molecule has 0 saturated carbocycles. The number of aliphatic carboxylic acids is 1. The molecule has 0 spiro atoms. The number of benzene rings is 1. The monoisotopic (exact) mass is 461 g/mol. The quantitative estimate of drug-likeness (QED) is 0.375. The molecule has 0 saturated heterocycles. The zero-order chi connectivity index (χ0) is 22.3. The molecule has 0 aromatic heterocycles. The van der Waals surface area contributed by atoms with Gasteiger partial charge in [0.2, 0.25) is 0 Å². The van der Waals surface area contributed by atoms with E-state index in [1.807, 2.05) is 0 Å². The molecule has 1 rings (SSSR count). The van der Waals surface area contributed by atoms with Crippen LogP contribution in [0, 0.1) is 10.1 Å². The van der Waals surface area contributed by atoms with Gasteiger partial charge in [-0.3, -0.25) is 19.1 Å². The topological polar surface area (TPSA) is 132 Å². The van der Waals surface area contributed by atoms with Crippen molar-refractivity contribution < 1.29 is 58.2 Å². The minimum absolute atomic E-state index is 0.0300. The van der Waals surface area contributed by atoms with Crippen LogP contribution < -0.4 is 0 Å². The van der Waals surface area contributed by atoms with Gasteiger partial charge in [-0.25, -0.2) is 8.42 Å². The lowest BCUT2D eigenvalue weighted by atomic mass is 10.3. The van der Waals surface area contributed by atoms with Crippen LogP contribution in [-0.2, 0) is 25.4 Å². The molecular formula is C11H6F7NO7S2. The van der Waals surface area contributed by atoms with Gasteiger partial charge in [-0.1, -0.05) is 0 Å². The highest BCUT2D eigenvalue weighted by molar-refractivity contribution is 7.92. The van der Waals surface area contributed by atoms with Gasteiger partial charge in [-0.05, 0) is 12.1 Å². The number of alkyl halides is 7. The second kappa shape index (κ2) is 7.26. The number of halogens is 7. The van der Waals surface area contributed by atoms with Crippen LogP contribution >= 0.6 is 0 Å².